The molecule has 1 aromatic heterocycles. The number of aryl methyl sites for hydroxylation is 1. The zero-order valence-electron chi connectivity index (χ0n) is 12.5. The number of nitriles is 1. The van der Waals surface area contributed by atoms with E-state index in [1.807, 2.05) is 11.6 Å². The molecule has 0 aliphatic heterocycles. The van der Waals surface area contributed by atoms with Gasteiger partial charge in [0.2, 0.25) is 0 Å². The number of aromatic nitrogens is 2. The van der Waals surface area contributed by atoms with Gasteiger partial charge < -0.3 is 0 Å². The van der Waals surface area contributed by atoms with Crippen LogP contribution < -0.4 is 5.32 Å². The summed E-state index contributed by atoms with van der Waals surface area (Å²) in [6.07, 6.45) is 3.36. The third-order valence-electron chi connectivity index (χ3n) is 4.31. The van der Waals surface area contributed by atoms with Crippen LogP contribution in [0.2, 0.25) is 0 Å². The van der Waals surface area contributed by atoms with Gasteiger partial charge >= 0.3 is 0 Å². The molecule has 1 atom stereocenters. The van der Waals surface area contributed by atoms with Crippen molar-refractivity contribution in [1.82, 2.24) is 15.1 Å². The van der Waals surface area contributed by atoms with Crippen molar-refractivity contribution in [1.29, 1.82) is 5.26 Å². The van der Waals surface area contributed by atoms with Gasteiger partial charge in [-0.2, -0.15) is 10.4 Å². The predicted molar refractivity (Wildman–Crippen MR) is 75.8 cm³/mol. The highest BCUT2D eigenvalue weighted by molar-refractivity contribution is 5.24. The quantitative estimate of drug-likeness (QED) is 0.855. The Labute approximate surface area is 115 Å². The minimum absolute atomic E-state index is 0.439. The smallest absolute Gasteiger partial charge is 0.129 e. The molecule has 0 bridgehead atoms. The van der Waals surface area contributed by atoms with Gasteiger partial charge in [-0.3, -0.25) is 10.00 Å². The van der Waals surface area contributed by atoms with Crippen LogP contribution in [0.15, 0.2) is 0 Å². The van der Waals surface area contributed by atoms with E-state index in [9.17, 15) is 5.26 Å². The Balaban J connectivity index is 2.24. The van der Waals surface area contributed by atoms with Gasteiger partial charge in [-0.1, -0.05) is 6.92 Å². The van der Waals surface area contributed by atoms with Crippen molar-refractivity contribution in [3.8, 4) is 6.07 Å². The molecule has 0 saturated heterocycles. The van der Waals surface area contributed by atoms with Crippen molar-refractivity contribution < 1.29 is 0 Å². The van der Waals surface area contributed by atoms with Gasteiger partial charge in [-0.15, -0.1) is 0 Å². The molecule has 0 spiro atoms. The Hall–Kier alpha value is -1.34. The maximum Gasteiger partial charge on any atom is 0.129 e. The van der Waals surface area contributed by atoms with Crippen LogP contribution in [0.25, 0.3) is 0 Å². The third kappa shape index (κ3) is 2.66. The SMILES string of the molecule is CCCNC(C#N)(Cn1nc(C)c(C)c1C)C1CC1. The second-order valence-electron chi connectivity index (χ2n) is 5.74. The summed E-state index contributed by atoms with van der Waals surface area (Å²) < 4.78 is 2.01. The van der Waals surface area contributed by atoms with Gasteiger partial charge in [0.1, 0.15) is 5.54 Å². The summed E-state index contributed by atoms with van der Waals surface area (Å²) in [6.45, 7) is 9.90. The van der Waals surface area contributed by atoms with Gasteiger partial charge in [-0.05, 0) is 58.1 Å². The van der Waals surface area contributed by atoms with Crippen LogP contribution >= 0.6 is 0 Å². The first kappa shape index (κ1) is 14.1. The van der Waals surface area contributed by atoms with Gasteiger partial charge in [0.15, 0.2) is 0 Å². The largest absolute Gasteiger partial charge is 0.298 e. The molecule has 0 radical (unpaired) electrons. The summed E-state index contributed by atoms with van der Waals surface area (Å²) in [5.41, 5.74) is 3.04. The van der Waals surface area contributed by atoms with Crippen LogP contribution in [0.3, 0.4) is 0 Å². The normalized spacial score (nSPS) is 18.1. The van der Waals surface area contributed by atoms with E-state index >= 15 is 0 Å². The van der Waals surface area contributed by atoms with Crippen molar-refractivity contribution in [3.05, 3.63) is 17.0 Å². The summed E-state index contributed by atoms with van der Waals surface area (Å²) in [6, 6.07) is 2.54. The van der Waals surface area contributed by atoms with Crippen LogP contribution in [0.4, 0.5) is 0 Å². The van der Waals surface area contributed by atoms with E-state index in [0.29, 0.717) is 12.5 Å². The molecule has 1 saturated carbocycles. The molecule has 19 heavy (non-hydrogen) atoms. The van der Waals surface area contributed by atoms with Crippen molar-refractivity contribution in [2.45, 2.75) is 59.0 Å². The second kappa shape index (κ2) is 5.34. The molecule has 1 fully saturated rings. The van der Waals surface area contributed by atoms with Gasteiger partial charge in [0, 0.05) is 5.69 Å². The predicted octanol–water partition coefficient (Wildman–Crippen LogP) is 2.48. The average molecular weight is 260 g/mol. The molecule has 4 heteroatoms. The lowest BCUT2D eigenvalue weighted by molar-refractivity contribution is 0.303. The molecule has 1 aliphatic rings. The first-order chi connectivity index (χ1) is 9.04. The molecule has 1 N–H and O–H groups in total. The standard InChI is InChI=1S/C15H24N4/c1-5-8-17-15(9-16,14-6-7-14)10-19-13(4)11(2)12(3)18-19/h14,17H,5-8,10H2,1-4H3. The molecule has 1 aromatic rings. The first-order valence-electron chi connectivity index (χ1n) is 7.21. The fourth-order valence-corrected chi connectivity index (χ4v) is 2.60. The Morgan fingerprint density at radius 2 is 2.11 bits per heavy atom. The van der Waals surface area contributed by atoms with E-state index < -0.39 is 5.54 Å². The highest BCUT2D eigenvalue weighted by atomic mass is 15.3. The molecule has 104 valence electrons. The highest BCUT2D eigenvalue weighted by Crippen LogP contribution is 2.40. The lowest BCUT2D eigenvalue weighted by Crippen LogP contribution is -2.50. The molecule has 1 aliphatic carbocycles. The average Bonchev–Trinajstić information content (AvgIpc) is 3.22. The summed E-state index contributed by atoms with van der Waals surface area (Å²) in [7, 11) is 0. The molecular weight excluding hydrogens is 236 g/mol. The topological polar surface area (TPSA) is 53.6 Å². The van der Waals surface area contributed by atoms with Crippen molar-refractivity contribution in [3.63, 3.8) is 0 Å². The van der Waals surface area contributed by atoms with Crippen molar-refractivity contribution >= 4 is 0 Å². The molecule has 1 unspecified atom stereocenters. The van der Waals surface area contributed by atoms with E-state index in [1.54, 1.807) is 0 Å². The second-order valence-corrected chi connectivity index (χ2v) is 5.74. The fourth-order valence-electron chi connectivity index (χ4n) is 2.60. The first-order valence-corrected chi connectivity index (χ1v) is 7.21. The van der Waals surface area contributed by atoms with Crippen LogP contribution in [0, 0.1) is 38.0 Å². The zero-order valence-corrected chi connectivity index (χ0v) is 12.5. The monoisotopic (exact) mass is 260 g/mol. The molecule has 0 amide bonds. The Bertz CT molecular complexity index is 493. The maximum atomic E-state index is 9.69. The summed E-state index contributed by atoms with van der Waals surface area (Å²) in [5, 5.41) is 17.8. The van der Waals surface area contributed by atoms with Crippen LogP contribution in [-0.2, 0) is 6.54 Å². The number of hydrogen-bond donors (Lipinski definition) is 1. The summed E-state index contributed by atoms with van der Waals surface area (Å²) in [5.74, 6) is 0.480. The molecular formula is C15H24N4. The number of hydrogen-bond acceptors (Lipinski definition) is 3. The Morgan fingerprint density at radius 1 is 1.42 bits per heavy atom. The zero-order chi connectivity index (χ0) is 14.0. The van der Waals surface area contributed by atoms with Crippen LogP contribution in [0.5, 0.6) is 0 Å². The lowest BCUT2D eigenvalue weighted by atomic mass is 9.94. The fraction of sp³-hybridized carbons (Fsp3) is 0.733. The van der Waals surface area contributed by atoms with E-state index in [-0.39, 0.29) is 0 Å². The van der Waals surface area contributed by atoms with E-state index in [2.05, 4.69) is 37.3 Å². The van der Waals surface area contributed by atoms with E-state index in [1.165, 1.54) is 11.3 Å². The molecule has 4 nitrogen and oxygen atoms in total. The molecule has 0 aromatic carbocycles. The van der Waals surface area contributed by atoms with Crippen molar-refractivity contribution in [2.75, 3.05) is 6.54 Å². The number of rotatable bonds is 6. The van der Waals surface area contributed by atoms with Gasteiger partial charge in [-0.25, -0.2) is 0 Å². The highest BCUT2D eigenvalue weighted by Gasteiger charge is 2.46. The van der Waals surface area contributed by atoms with E-state index in [4.69, 9.17) is 0 Å². The Kier molecular flexibility index (Phi) is 3.96. The minimum atomic E-state index is -0.439. The third-order valence-corrected chi connectivity index (χ3v) is 4.31. The van der Waals surface area contributed by atoms with Crippen LogP contribution in [-0.4, -0.2) is 21.9 Å². The number of nitrogens with zero attached hydrogens (tertiary/aromatic N) is 3. The molecule has 2 rings (SSSR count). The summed E-state index contributed by atoms with van der Waals surface area (Å²) in [4.78, 5) is 0. The number of nitrogens with one attached hydrogen (secondary N) is 1. The van der Waals surface area contributed by atoms with E-state index in [0.717, 1.165) is 31.5 Å². The van der Waals surface area contributed by atoms with Gasteiger partial charge in [0.25, 0.3) is 0 Å². The van der Waals surface area contributed by atoms with Gasteiger partial charge in [0.05, 0.1) is 18.3 Å². The molecule has 1 heterocycles. The maximum absolute atomic E-state index is 9.69. The van der Waals surface area contributed by atoms with Crippen molar-refractivity contribution in [2.24, 2.45) is 5.92 Å². The Morgan fingerprint density at radius 3 is 2.53 bits per heavy atom. The minimum Gasteiger partial charge on any atom is -0.298 e. The lowest BCUT2D eigenvalue weighted by Gasteiger charge is -2.28. The van der Waals surface area contributed by atoms with Crippen LogP contribution in [0.1, 0.15) is 43.1 Å². The summed E-state index contributed by atoms with van der Waals surface area (Å²) >= 11 is 0.